The second kappa shape index (κ2) is 6.72. The predicted molar refractivity (Wildman–Crippen MR) is 82.9 cm³/mol. The van der Waals surface area contributed by atoms with Gasteiger partial charge in [0.15, 0.2) is 0 Å². The van der Waals surface area contributed by atoms with Crippen LogP contribution in [0, 0.1) is 5.82 Å². The number of methoxy groups -OCH3 is 1. The van der Waals surface area contributed by atoms with Gasteiger partial charge in [-0.25, -0.2) is 4.39 Å². The van der Waals surface area contributed by atoms with E-state index in [2.05, 4.69) is 15.9 Å². The number of nitrogens with zero attached hydrogens (tertiary/aromatic N) is 1. The topological polar surface area (TPSA) is 29.5 Å². The SMILES string of the molecule is COc1cccc(CN(C)C(=O)c2ccc(F)cc2Br)c1. The summed E-state index contributed by atoms with van der Waals surface area (Å²) in [4.78, 5) is 14.0. The number of hydrogen-bond acceptors (Lipinski definition) is 2. The highest BCUT2D eigenvalue weighted by molar-refractivity contribution is 9.10. The van der Waals surface area contributed by atoms with Crippen LogP contribution >= 0.6 is 15.9 Å². The highest BCUT2D eigenvalue weighted by Gasteiger charge is 2.15. The summed E-state index contributed by atoms with van der Waals surface area (Å²) in [5.74, 6) is 0.190. The summed E-state index contributed by atoms with van der Waals surface area (Å²) >= 11 is 3.22. The Morgan fingerprint density at radius 2 is 2.05 bits per heavy atom. The van der Waals surface area contributed by atoms with Gasteiger partial charge < -0.3 is 9.64 Å². The zero-order chi connectivity index (χ0) is 15.4. The second-order valence-corrected chi connectivity index (χ2v) is 5.49. The average Bonchev–Trinajstić information content (AvgIpc) is 2.46. The lowest BCUT2D eigenvalue weighted by Gasteiger charge is -2.18. The van der Waals surface area contributed by atoms with Gasteiger partial charge in [-0.05, 0) is 51.8 Å². The third-order valence-electron chi connectivity index (χ3n) is 3.06. The van der Waals surface area contributed by atoms with Crippen LogP contribution in [0.15, 0.2) is 46.9 Å². The summed E-state index contributed by atoms with van der Waals surface area (Å²) < 4.78 is 18.7. The molecule has 0 N–H and O–H groups in total. The normalized spacial score (nSPS) is 10.3. The lowest BCUT2D eigenvalue weighted by Crippen LogP contribution is -2.26. The van der Waals surface area contributed by atoms with Crippen LogP contribution in [0.2, 0.25) is 0 Å². The maximum atomic E-state index is 13.1. The van der Waals surface area contributed by atoms with Gasteiger partial charge in [-0.2, -0.15) is 0 Å². The maximum absolute atomic E-state index is 13.1. The Morgan fingerprint density at radius 3 is 2.71 bits per heavy atom. The first-order valence-electron chi connectivity index (χ1n) is 6.34. The van der Waals surface area contributed by atoms with E-state index < -0.39 is 0 Å². The Morgan fingerprint density at radius 1 is 1.29 bits per heavy atom. The number of amides is 1. The van der Waals surface area contributed by atoms with Gasteiger partial charge >= 0.3 is 0 Å². The molecule has 2 aromatic rings. The first-order chi connectivity index (χ1) is 10.0. The fraction of sp³-hybridized carbons (Fsp3) is 0.188. The molecule has 2 aromatic carbocycles. The first kappa shape index (κ1) is 15.5. The Bertz CT molecular complexity index is 660. The van der Waals surface area contributed by atoms with Crippen molar-refractivity contribution in [3.05, 3.63) is 63.9 Å². The Labute approximate surface area is 131 Å². The van der Waals surface area contributed by atoms with Crippen molar-refractivity contribution < 1.29 is 13.9 Å². The molecule has 0 aliphatic heterocycles. The Hall–Kier alpha value is -1.88. The molecule has 2 rings (SSSR count). The number of halogens is 2. The standard InChI is InChI=1S/C16H15BrFNO2/c1-19(10-11-4-3-5-13(8-11)21-2)16(20)14-7-6-12(18)9-15(14)17/h3-9H,10H2,1-2H3. The van der Waals surface area contributed by atoms with Crippen LogP contribution in [0.1, 0.15) is 15.9 Å². The van der Waals surface area contributed by atoms with Crippen molar-refractivity contribution in [2.24, 2.45) is 0 Å². The molecule has 0 aliphatic rings. The average molecular weight is 352 g/mol. The highest BCUT2D eigenvalue weighted by atomic mass is 79.9. The molecule has 0 unspecified atom stereocenters. The van der Waals surface area contributed by atoms with Gasteiger partial charge in [0.05, 0.1) is 12.7 Å². The Kier molecular flexibility index (Phi) is 4.96. The van der Waals surface area contributed by atoms with Crippen molar-refractivity contribution in [3.8, 4) is 5.75 Å². The van der Waals surface area contributed by atoms with Crippen LogP contribution < -0.4 is 4.74 Å². The van der Waals surface area contributed by atoms with Crippen molar-refractivity contribution in [2.45, 2.75) is 6.54 Å². The molecule has 0 bridgehead atoms. The molecule has 21 heavy (non-hydrogen) atoms. The molecule has 0 fully saturated rings. The molecule has 0 aliphatic carbocycles. The highest BCUT2D eigenvalue weighted by Crippen LogP contribution is 2.21. The minimum atomic E-state index is -0.381. The molecule has 0 saturated carbocycles. The number of carbonyl (C=O) groups excluding carboxylic acids is 1. The van der Waals surface area contributed by atoms with E-state index in [-0.39, 0.29) is 11.7 Å². The number of carbonyl (C=O) groups is 1. The van der Waals surface area contributed by atoms with E-state index in [0.717, 1.165) is 11.3 Å². The molecule has 3 nitrogen and oxygen atoms in total. The van der Waals surface area contributed by atoms with Crippen molar-refractivity contribution in [2.75, 3.05) is 14.2 Å². The first-order valence-corrected chi connectivity index (χ1v) is 7.14. The summed E-state index contributed by atoms with van der Waals surface area (Å²) in [6.45, 7) is 0.444. The minimum Gasteiger partial charge on any atom is -0.497 e. The van der Waals surface area contributed by atoms with Crippen LogP contribution in [-0.2, 0) is 6.54 Å². The molecule has 1 amide bonds. The summed E-state index contributed by atoms with van der Waals surface area (Å²) in [6, 6.07) is 11.6. The molecule has 0 saturated heterocycles. The molecule has 5 heteroatoms. The monoisotopic (exact) mass is 351 g/mol. The quantitative estimate of drug-likeness (QED) is 0.836. The lowest BCUT2D eigenvalue weighted by atomic mass is 10.1. The van der Waals surface area contributed by atoms with Gasteiger partial charge in [-0.3, -0.25) is 4.79 Å². The predicted octanol–water partition coefficient (Wildman–Crippen LogP) is 3.87. The van der Waals surface area contributed by atoms with Crippen LogP contribution in [0.4, 0.5) is 4.39 Å². The number of benzene rings is 2. The van der Waals surface area contributed by atoms with E-state index in [9.17, 15) is 9.18 Å². The van der Waals surface area contributed by atoms with Gasteiger partial charge in [0.2, 0.25) is 0 Å². The number of hydrogen-bond donors (Lipinski definition) is 0. The zero-order valence-corrected chi connectivity index (χ0v) is 13.4. The second-order valence-electron chi connectivity index (χ2n) is 4.64. The zero-order valence-electron chi connectivity index (χ0n) is 11.8. The van der Waals surface area contributed by atoms with Gasteiger partial charge in [0.1, 0.15) is 11.6 Å². The number of rotatable bonds is 4. The van der Waals surface area contributed by atoms with Gasteiger partial charge in [-0.1, -0.05) is 12.1 Å². The molecule has 0 spiro atoms. The van der Waals surface area contributed by atoms with Crippen LogP contribution in [0.3, 0.4) is 0 Å². The van der Waals surface area contributed by atoms with Gasteiger partial charge in [0.25, 0.3) is 5.91 Å². The lowest BCUT2D eigenvalue weighted by molar-refractivity contribution is 0.0784. The van der Waals surface area contributed by atoms with E-state index in [1.807, 2.05) is 24.3 Å². The molecule has 110 valence electrons. The van der Waals surface area contributed by atoms with E-state index in [0.29, 0.717) is 16.6 Å². The van der Waals surface area contributed by atoms with Crippen LogP contribution in [-0.4, -0.2) is 25.0 Å². The maximum Gasteiger partial charge on any atom is 0.255 e. The summed E-state index contributed by atoms with van der Waals surface area (Å²) in [6.07, 6.45) is 0. The summed E-state index contributed by atoms with van der Waals surface area (Å²) in [5.41, 5.74) is 1.39. The van der Waals surface area contributed by atoms with E-state index in [1.54, 1.807) is 19.1 Å². The molecule has 0 heterocycles. The molecular formula is C16H15BrFNO2. The molecule has 0 aromatic heterocycles. The van der Waals surface area contributed by atoms with E-state index in [4.69, 9.17) is 4.74 Å². The molecule has 0 radical (unpaired) electrons. The molecular weight excluding hydrogens is 337 g/mol. The minimum absolute atomic E-state index is 0.176. The van der Waals surface area contributed by atoms with Crippen molar-refractivity contribution in [1.82, 2.24) is 4.90 Å². The summed E-state index contributed by atoms with van der Waals surface area (Å²) in [5, 5.41) is 0. The molecule has 0 atom stereocenters. The van der Waals surface area contributed by atoms with E-state index >= 15 is 0 Å². The Balaban J connectivity index is 2.15. The van der Waals surface area contributed by atoms with Crippen molar-refractivity contribution in [1.29, 1.82) is 0 Å². The smallest absolute Gasteiger partial charge is 0.255 e. The van der Waals surface area contributed by atoms with E-state index in [1.165, 1.54) is 18.2 Å². The third-order valence-corrected chi connectivity index (χ3v) is 3.72. The van der Waals surface area contributed by atoms with Crippen molar-refractivity contribution >= 4 is 21.8 Å². The van der Waals surface area contributed by atoms with Crippen LogP contribution in [0.25, 0.3) is 0 Å². The van der Waals surface area contributed by atoms with Gasteiger partial charge in [-0.15, -0.1) is 0 Å². The largest absolute Gasteiger partial charge is 0.497 e. The van der Waals surface area contributed by atoms with Gasteiger partial charge in [0, 0.05) is 18.1 Å². The fourth-order valence-corrected chi connectivity index (χ4v) is 2.51. The third kappa shape index (κ3) is 3.82. The fourth-order valence-electron chi connectivity index (χ4n) is 1.99. The number of ether oxygens (including phenoxy) is 1. The van der Waals surface area contributed by atoms with Crippen LogP contribution in [0.5, 0.6) is 5.75 Å². The summed E-state index contributed by atoms with van der Waals surface area (Å²) in [7, 11) is 3.31. The van der Waals surface area contributed by atoms with Crippen molar-refractivity contribution in [3.63, 3.8) is 0 Å².